The molecule has 2 unspecified atom stereocenters. The third-order valence-corrected chi connectivity index (χ3v) is 7.08. The number of amides is 6. The van der Waals surface area contributed by atoms with Crippen LogP contribution >= 0.6 is 12.4 Å². The van der Waals surface area contributed by atoms with Crippen molar-refractivity contribution in [1.29, 1.82) is 0 Å². The molecule has 0 bridgehead atoms. The average Bonchev–Trinajstić information content (AvgIpc) is 2.98. The van der Waals surface area contributed by atoms with Crippen molar-refractivity contribution in [3.05, 3.63) is 0 Å². The summed E-state index contributed by atoms with van der Waals surface area (Å²) in [6.45, 7) is 8.88. The van der Waals surface area contributed by atoms with Crippen LogP contribution in [0.3, 0.4) is 0 Å². The van der Waals surface area contributed by atoms with E-state index in [-0.39, 0.29) is 38.2 Å². The average molecular weight is 694 g/mol. The van der Waals surface area contributed by atoms with Crippen molar-refractivity contribution in [1.82, 2.24) is 31.9 Å². The number of nitrogens with one attached hydrogen (secondary N) is 6. The molecule has 0 aliphatic carbocycles. The minimum Gasteiger partial charge on any atom is -0.481 e. The van der Waals surface area contributed by atoms with Crippen LogP contribution < -0.4 is 37.6 Å². The molecule has 0 rings (SSSR count). The number of carboxylic acid groups (broad SMARTS) is 1. The lowest BCUT2D eigenvalue weighted by Gasteiger charge is -2.29. The molecule has 0 spiro atoms. The molecule has 0 aliphatic heterocycles. The van der Waals surface area contributed by atoms with Crippen molar-refractivity contribution in [2.45, 2.75) is 116 Å². The summed E-state index contributed by atoms with van der Waals surface area (Å²) in [4.78, 5) is 98.6. The van der Waals surface area contributed by atoms with Crippen LogP contribution in [-0.4, -0.2) is 107 Å². The molecular weight excluding hydrogens is 642 g/mol. The third kappa shape index (κ3) is 17.6. The molecule has 0 radical (unpaired) electrons. The lowest BCUT2D eigenvalue weighted by molar-refractivity contribution is -0.140. The van der Waals surface area contributed by atoms with E-state index >= 15 is 0 Å². The van der Waals surface area contributed by atoms with Gasteiger partial charge in [0.15, 0.2) is 0 Å². The van der Waals surface area contributed by atoms with Crippen molar-refractivity contribution in [2.75, 3.05) is 13.1 Å². The molecule has 0 aromatic carbocycles. The minimum absolute atomic E-state index is 0. The van der Waals surface area contributed by atoms with Gasteiger partial charge in [-0.15, -0.1) is 12.4 Å². The Balaban J connectivity index is 0. The Bertz CT molecular complexity index is 1090. The molecule has 47 heavy (non-hydrogen) atoms. The predicted molar refractivity (Wildman–Crippen MR) is 173 cm³/mol. The first-order valence-electron chi connectivity index (χ1n) is 15.4. The normalized spacial score (nSPS) is 15.1. The van der Waals surface area contributed by atoms with Gasteiger partial charge in [-0.3, -0.25) is 38.4 Å². The lowest BCUT2D eigenvalue weighted by Crippen LogP contribution is -2.61. The number of ketones is 1. The van der Waals surface area contributed by atoms with Crippen LogP contribution in [-0.2, 0) is 38.4 Å². The lowest BCUT2D eigenvalue weighted by atomic mass is 9.96. The zero-order valence-electron chi connectivity index (χ0n) is 27.8. The Labute approximate surface area is 281 Å². The van der Waals surface area contributed by atoms with Gasteiger partial charge >= 0.3 is 5.97 Å². The van der Waals surface area contributed by atoms with E-state index in [0.29, 0.717) is 25.8 Å². The van der Waals surface area contributed by atoms with E-state index in [9.17, 15) is 43.5 Å². The number of rotatable bonds is 22. The Morgan fingerprint density at radius 2 is 1.28 bits per heavy atom. The fourth-order valence-electron chi connectivity index (χ4n) is 4.11. The maximum atomic E-state index is 13.3. The van der Waals surface area contributed by atoms with Gasteiger partial charge in [-0.05, 0) is 58.9 Å². The van der Waals surface area contributed by atoms with E-state index < -0.39 is 89.4 Å². The molecule has 0 fully saturated rings. The van der Waals surface area contributed by atoms with Crippen LogP contribution in [0.5, 0.6) is 0 Å². The molecule has 0 aliphatic rings. The fourth-order valence-corrected chi connectivity index (χ4v) is 4.11. The number of aliphatic hydroxyl groups is 1. The van der Waals surface area contributed by atoms with Crippen LogP contribution in [0, 0.1) is 5.92 Å². The van der Waals surface area contributed by atoms with Crippen molar-refractivity contribution in [3.63, 3.8) is 0 Å². The Morgan fingerprint density at radius 1 is 0.723 bits per heavy atom. The SMILES string of the molecule is CCC(C)[C@H](NC(=O)[C@H](CCCCN)NC(C)=O)C(=O)N[C@H](C(=O)N[C@@H](C)C(=O)NC(C)C(=O)C(=O)NCCCC(=O)O)[C@@H](C)O.Cl. The molecule has 0 heterocycles. The Kier molecular flexibility index (Phi) is 22.6. The third-order valence-electron chi connectivity index (χ3n) is 7.08. The monoisotopic (exact) mass is 693 g/mol. The van der Waals surface area contributed by atoms with Gasteiger partial charge < -0.3 is 47.8 Å². The fraction of sp³-hybridized carbons (Fsp3) is 0.724. The first-order chi connectivity index (χ1) is 21.5. The summed E-state index contributed by atoms with van der Waals surface area (Å²) in [7, 11) is 0. The van der Waals surface area contributed by atoms with Crippen molar-refractivity contribution >= 4 is 59.6 Å². The highest BCUT2D eigenvalue weighted by Gasteiger charge is 2.34. The molecule has 10 N–H and O–H groups in total. The maximum Gasteiger partial charge on any atom is 0.303 e. The molecule has 6 amide bonds. The van der Waals surface area contributed by atoms with Gasteiger partial charge in [0.25, 0.3) is 5.91 Å². The van der Waals surface area contributed by atoms with E-state index in [2.05, 4.69) is 31.9 Å². The second-order valence-electron chi connectivity index (χ2n) is 11.2. The van der Waals surface area contributed by atoms with E-state index in [1.54, 1.807) is 13.8 Å². The number of aliphatic carboxylic acids is 1. The summed E-state index contributed by atoms with van der Waals surface area (Å²) in [5.74, 6) is -7.08. The number of carbonyl (C=O) groups is 8. The summed E-state index contributed by atoms with van der Waals surface area (Å²) < 4.78 is 0. The standard InChI is InChI=1S/C29H51N7O10.ClH/c1-7-15(2)22(35-26(43)20(34-19(6)38)11-8-9-13-30)27(44)36-23(18(5)37)28(45)33-17(4)25(42)32-16(3)24(41)29(46)31-14-10-12-21(39)40;/h15-18,20,22-23,37H,7-14,30H2,1-6H3,(H,31,46)(H,32,42)(H,33,45)(H,34,38)(H,35,43)(H,36,44)(H,39,40);1H/t15?,16?,17-,18+,20-,22-,23-;/m0./s1. The Morgan fingerprint density at radius 3 is 1.79 bits per heavy atom. The topological polar surface area (TPSA) is 275 Å². The highest BCUT2D eigenvalue weighted by atomic mass is 35.5. The van der Waals surface area contributed by atoms with Crippen molar-refractivity contribution in [3.8, 4) is 0 Å². The second kappa shape index (κ2) is 23.5. The zero-order valence-corrected chi connectivity index (χ0v) is 28.7. The number of hydrogen-bond donors (Lipinski definition) is 9. The molecule has 0 saturated heterocycles. The summed E-state index contributed by atoms with van der Waals surface area (Å²) in [6, 6.07) is -6.15. The van der Waals surface area contributed by atoms with Crippen LogP contribution in [0.1, 0.15) is 80.1 Å². The highest BCUT2D eigenvalue weighted by molar-refractivity contribution is 6.38. The number of nitrogens with two attached hydrogens (primary N) is 1. The van der Waals surface area contributed by atoms with Gasteiger partial charge in [-0.2, -0.15) is 0 Å². The van der Waals surface area contributed by atoms with Gasteiger partial charge in [-0.25, -0.2) is 0 Å². The van der Waals surface area contributed by atoms with Crippen LogP contribution in [0.4, 0.5) is 0 Å². The summed E-state index contributed by atoms with van der Waals surface area (Å²) in [5.41, 5.74) is 5.52. The molecular formula is C29H52ClN7O10. The number of carboxylic acids is 1. The second-order valence-corrected chi connectivity index (χ2v) is 11.2. The van der Waals surface area contributed by atoms with Gasteiger partial charge in [0.1, 0.15) is 24.2 Å². The minimum atomic E-state index is -1.54. The van der Waals surface area contributed by atoms with Crippen LogP contribution in [0.15, 0.2) is 0 Å². The molecule has 0 aromatic rings. The molecule has 0 saturated carbocycles. The van der Waals surface area contributed by atoms with Gasteiger partial charge in [-0.1, -0.05) is 20.3 Å². The molecule has 270 valence electrons. The molecule has 0 aromatic heterocycles. The van der Waals surface area contributed by atoms with E-state index in [1.807, 2.05) is 0 Å². The van der Waals surface area contributed by atoms with Crippen molar-refractivity contribution < 1.29 is 48.6 Å². The number of Topliss-reactive ketones (excluding diaryl/α,β-unsaturated/α-hetero) is 1. The van der Waals surface area contributed by atoms with Gasteiger partial charge in [0, 0.05) is 19.9 Å². The number of unbranched alkanes of at least 4 members (excludes halogenated alkanes) is 1. The zero-order chi connectivity index (χ0) is 35.6. The highest BCUT2D eigenvalue weighted by Crippen LogP contribution is 2.11. The van der Waals surface area contributed by atoms with Crippen LogP contribution in [0.25, 0.3) is 0 Å². The van der Waals surface area contributed by atoms with E-state index in [0.717, 1.165) is 0 Å². The quantitative estimate of drug-likeness (QED) is 0.0442. The number of carbonyl (C=O) groups excluding carboxylic acids is 7. The molecule has 17 nitrogen and oxygen atoms in total. The number of halogens is 1. The first kappa shape index (κ1) is 45.3. The largest absolute Gasteiger partial charge is 0.481 e. The predicted octanol–water partition coefficient (Wildman–Crippen LogP) is -2.00. The number of hydrogen-bond acceptors (Lipinski definition) is 10. The molecule has 18 heteroatoms. The smallest absolute Gasteiger partial charge is 0.303 e. The van der Waals surface area contributed by atoms with E-state index in [1.165, 1.54) is 27.7 Å². The maximum absolute atomic E-state index is 13.3. The first-order valence-corrected chi connectivity index (χ1v) is 15.4. The summed E-state index contributed by atoms with van der Waals surface area (Å²) in [6.07, 6.45) is 0.403. The molecule has 7 atom stereocenters. The summed E-state index contributed by atoms with van der Waals surface area (Å²) in [5, 5.41) is 33.5. The van der Waals surface area contributed by atoms with Gasteiger partial charge in [0.2, 0.25) is 35.3 Å². The van der Waals surface area contributed by atoms with Crippen LogP contribution in [0.2, 0.25) is 0 Å². The summed E-state index contributed by atoms with van der Waals surface area (Å²) >= 11 is 0. The van der Waals surface area contributed by atoms with Gasteiger partial charge in [0.05, 0.1) is 12.1 Å². The Hall–Kier alpha value is -3.83. The van der Waals surface area contributed by atoms with Crippen molar-refractivity contribution in [2.24, 2.45) is 11.7 Å². The van der Waals surface area contributed by atoms with E-state index in [4.69, 9.17) is 10.8 Å². The number of aliphatic hydroxyl groups excluding tert-OH is 1.